The van der Waals surface area contributed by atoms with Crippen molar-refractivity contribution in [3.05, 3.63) is 86.2 Å². The minimum atomic E-state index is -0.732. The van der Waals surface area contributed by atoms with E-state index in [0.29, 0.717) is 41.3 Å². The van der Waals surface area contributed by atoms with Crippen LogP contribution in [0.2, 0.25) is 0 Å². The Morgan fingerprint density at radius 2 is 1.71 bits per heavy atom. The Bertz CT molecular complexity index is 1390. The smallest absolute Gasteiger partial charge is 0.416 e. The Balaban J connectivity index is 0.00000484. The first kappa shape index (κ1) is 32.4. The van der Waals surface area contributed by atoms with E-state index in [1.807, 2.05) is 25.1 Å². The molecule has 0 aromatic heterocycles. The summed E-state index contributed by atoms with van der Waals surface area (Å²) in [6.45, 7) is 6.08. The molecular formula is C30H37ClN4O7. The molecule has 2 aliphatic heterocycles. The first-order valence-electron chi connectivity index (χ1n) is 13.4. The van der Waals surface area contributed by atoms with Crippen molar-refractivity contribution in [2.24, 2.45) is 0 Å². The Morgan fingerprint density at radius 1 is 1.07 bits per heavy atom. The van der Waals surface area contributed by atoms with Gasteiger partial charge in [-0.3, -0.25) is 19.8 Å². The molecule has 2 aromatic rings. The number of methoxy groups -OCH3 is 3. The van der Waals surface area contributed by atoms with Crippen LogP contribution in [0.1, 0.15) is 42.9 Å². The Morgan fingerprint density at radius 3 is 2.31 bits per heavy atom. The predicted octanol–water partition coefficient (Wildman–Crippen LogP) is 4.94. The molecule has 2 aliphatic rings. The molecule has 4 rings (SSSR count). The maximum Gasteiger partial charge on any atom is 0.416 e. The number of fused-ring (bicyclic) bond motifs is 1. The highest BCUT2D eigenvalue weighted by Crippen LogP contribution is 2.35. The van der Waals surface area contributed by atoms with Gasteiger partial charge < -0.3 is 19.5 Å². The molecule has 0 aliphatic carbocycles. The molecule has 11 nitrogen and oxygen atoms in total. The van der Waals surface area contributed by atoms with Crippen LogP contribution in [-0.2, 0) is 22.5 Å². The van der Waals surface area contributed by atoms with Crippen LogP contribution in [0.25, 0.3) is 0 Å². The molecule has 0 saturated heterocycles. The summed E-state index contributed by atoms with van der Waals surface area (Å²) in [6.07, 6.45) is 2.56. The number of nitrogens with zero attached hydrogens (tertiary/aromatic N) is 3. The fourth-order valence-electron chi connectivity index (χ4n) is 5.45. The number of dihydropyridines is 1. The van der Waals surface area contributed by atoms with E-state index >= 15 is 0 Å². The number of hydrogen-bond acceptors (Lipinski definition) is 9. The summed E-state index contributed by atoms with van der Waals surface area (Å²) < 4.78 is 15.9. The third-order valence-electron chi connectivity index (χ3n) is 7.50. The highest BCUT2D eigenvalue weighted by Gasteiger charge is 2.33. The van der Waals surface area contributed by atoms with Crippen molar-refractivity contribution in [3.8, 4) is 11.5 Å². The number of rotatable bonds is 9. The third-order valence-corrected chi connectivity index (χ3v) is 7.50. The number of carbonyl (C=O) groups is 2. The number of nitro groups is 1. The Hall–Kier alpha value is -4.09. The average molecular weight is 601 g/mol. The van der Waals surface area contributed by atoms with Gasteiger partial charge in [-0.05, 0) is 55.5 Å². The molecular weight excluding hydrogens is 564 g/mol. The van der Waals surface area contributed by atoms with Gasteiger partial charge in [0.05, 0.1) is 26.3 Å². The molecule has 1 atom stereocenters. The number of non-ortho nitro benzene ring substituents is 1. The molecule has 42 heavy (non-hydrogen) atoms. The molecule has 0 bridgehead atoms. The normalized spacial score (nSPS) is 16.3. The number of imide groups is 1. The highest BCUT2D eigenvalue weighted by atomic mass is 35.5. The van der Waals surface area contributed by atoms with Gasteiger partial charge in [0.1, 0.15) is 0 Å². The predicted molar refractivity (Wildman–Crippen MR) is 160 cm³/mol. The summed E-state index contributed by atoms with van der Waals surface area (Å²) in [6, 6.07) is 10.1. The van der Waals surface area contributed by atoms with E-state index in [0.717, 1.165) is 35.7 Å². The summed E-state index contributed by atoms with van der Waals surface area (Å²) in [4.78, 5) is 40.8. The molecule has 0 spiro atoms. The Labute approximate surface area is 251 Å². The largest absolute Gasteiger partial charge is 0.493 e. The minimum absolute atomic E-state index is 0. The zero-order valence-corrected chi connectivity index (χ0v) is 25.3. The van der Waals surface area contributed by atoms with Gasteiger partial charge in [-0.2, -0.15) is 0 Å². The van der Waals surface area contributed by atoms with Crippen molar-refractivity contribution in [1.82, 2.24) is 15.1 Å². The summed E-state index contributed by atoms with van der Waals surface area (Å²) in [5, 5.41) is 14.3. The monoisotopic (exact) mass is 600 g/mol. The number of halogens is 1. The van der Waals surface area contributed by atoms with E-state index in [4.69, 9.17) is 14.2 Å². The van der Waals surface area contributed by atoms with Crippen LogP contribution in [0.5, 0.6) is 11.5 Å². The van der Waals surface area contributed by atoms with E-state index in [-0.39, 0.29) is 24.6 Å². The first-order valence-corrected chi connectivity index (χ1v) is 13.4. The zero-order chi connectivity index (χ0) is 29.7. The number of hydrogen-bond donors (Lipinski definition) is 1. The van der Waals surface area contributed by atoms with Gasteiger partial charge in [0.15, 0.2) is 11.5 Å². The van der Waals surface area contributed by atoms with Crippen LogP contribution in [-0.4, -0.2) is 67.7 Å². The third kappa shape index (κ3) is 7.03. The molecule has 0 fully saturated rings. The van der Waals surface area contributed by atoms with Crippen molar-refractivity contribution in [2.75, 3.05) is 41.0 Å². The van der Waals surface area contributed by atoms with Gasteiger partial charge in [-0.25, -0.2) is 9.69 Å². The number of amides is 2. The van der Waals surface area contributed by atoms with E-state index in [1.165, 1.54) is 24.8 Å². The minimum Gasteiger partial charge on any atom is -0.493 e. The molecule has 2 aromatic carbocycles. The average Bonchev–Trinajstić information content (AvgIpc) is 2.97. The van der Waals surface area contributed by atoms with Crippen molar-refractivity contribution < 1.29 is 28.7 Å². The molecule has 0 saturated carbocycles. The number of ether oxygens (including phenoxy) is 3. The van der Waals surface area contributed by atoms with Gasteiger partial charge in [-0.1, -0.05) is 18.2 Å². The second kappa shape index (κ2) is 14.2. The molecule has 2 amide bonds. The summed E-state index contributed by atoms with van der Waals surface area (Å²) >= 11 is 0. The lowest BCUT2D eigenvalue weighted by molar-refractivity contribution is -0.384. The second-order valence-electron chi connectivity index (χ2n) is 10.1. The van der Waals surface area contributed by atoms with Crippen LogP contribution in [0.15, 0.2) is 59.4 Å². The van der Waals surface area contributed by atoms with Crippen molar-refractivity contribution in [3.63, 3.8) is 0 Å². The van der Waals surface area contributed by atoms with Gasteiger partial charge in [-0.15, -0.1) is 12.4 Å². The number of nitrogens with one attached hydrogen (secondary N) is 1. The molecule has 0 radical (unpaired) electrons. The van der Waals surface area contributed by atoms with Crippen molar-refractivity contribution in [1.29, 1.82) is 0 Å². The summed E-state index contributed by atoms with van der Waals surface area (Å²) in [7, 11) is 4.50. The van der Waals surface area contributed by atoms with Gasteiger partial charge in [0.25, 0.3) is 11.6 Å². The first-order chi connectivity index (χ1) is 19.7. The quantitative estimate of drug-likeness (QED) is 0.315. The van der Waals surface area contributed by atoms with E-state index in [2.05, 4.69) is 10.2 Å². The molecule has 1 unspecified atom stereocenters. The molecule has 1 N–H and O–H groups in total. The van der Waals surface area contributed by atoms with Crippen LogP contribution in [0, 0.1) is 10.1 Å². The number of carbonyl (C=O) groups excluding carboxylic acids is 2. The summed E-state index contributed by atoms with van der Waals surface area (Å²) in [5.74, 6) is 0.454. The lowest BCUT2D eigenvalue weighted by Gasteiger charge is -2.31. The molecule has 2 heterocycles. The fourth-order valence-corrected chi connectivity index (χ4v) is 5.45. The van der Waals surface area contributed by atoms with Crippen LogP contribution in [0.4, 0.5) is 10.5 Å². The van der Waals surface area contributed by atoms with Crippen LogP contribution >= 0.6 is 12.4 Å². The lowest BCUT2D eigenvalue weighted by Crippen LogP contribution is -2.42. The maximum absolute atomic E-state index is 13.9. The molecule has 226 valence electrons. The maximum atomic E-state index is 13.9. The summed E-state index contributed by atoms with van der Waals surface area (Å²) in [5.41, 5.74) is 4.91. The van der Waals surface area contributed by atoms with E-state index in [1.54, 1.807) is 33.3 Å². The lowest BCUT2D eigenvalue weighted by atomic mass is 9.86. The molecule has 12 heteroatoms. The van der Waals surface area contributed by atoms with Crippen molar-refractivity contribution in [2.45, 2.75) is 39.2 Å². The van der Waals surface area contributed by atoms with Crippen molar-refractivity contribution >= 4 is 30.1 Å². The highest BCUT2D eigenvalue weighted by molar-refractivity contribution is 6.04. The number of benzene rings is 2. The number of nitro benzene ring substituents is 1. The SMILES string of the molecule is COC(=O)N(CCCN1CCc2cc(OC)c(OC)cc2C1)C(=O)C1=C(C)NC(C)=CC1c1ccc([N+](=O)[O-])cc1.Cl. The van der Waals surface area contributed by atoms with E-state index < -0.39 is 22.8 Å². The van der Waals surface area contributed by atoms with Crippen LogP contribution < -0.4 is 14.8 Å². The number of allylic oxidation sites excluding steroid dienone is 3. The van der Waals surface area contributed by atoms with Crippen LogP contribution in [0.3, 0.4) is 0 Å². The fraction of sp³-hybridized carbons (Fsp3) is 0.400. The zero-order valence-electron chi connectivity index (χ0n) is 24.5. The second-order valence-corrected chi connectivity index (χ2v) is 10.1. The standard InChI is InChI=1S/C30H36N4O7.ClH/c1-19-15-25(21-7-9-24(10-8-21)34(37)38)28(20(2)31-19)29(35)33(30(36)41-5)13-6-12-32-14-11-22-16-26(39-3)27(40-4)17-23(22)18-32;/h7-10,15-17,25,31H,6,11-14,18H2,1-5H3;1H. The Kier molecular flexibility index (Phi) is 11.0. The topological polar surface area (TPSA) is 123 Å². The van der Waals surface area contributed by atoms with Gasteiger partial charge in [0, 0.05) is 61.2 Å². The van der Waals surface area contributed by atoms with E-state index in [9.17, 15) is 19.7 Å². The van der Waals surface area contributed by atoms with Gasteiger partial charge >= 0.3 is 6.09 Å². The van der Waals surface area contributed by atoms with Gasteiger partial charge in [0.2, 0.25) is 0 Å².